The third kappa shape index (κ3) is 4.63. The van der Waals surface area contributed by atoms with Gasteiger partial charge in [0.25, 0.3) is 11.5 Å². The van der Waals surface area contributed by atoms with Crippen LogP contribution in [0.2, 0.25) is 0 Å². The quantitative estimate of drug-likeness (QED) is 0.472. The molecule has 10 nitrogen and oxygen atoms in total. The van der Waals surface area contributed by atoms with Crippen LogP contribution in [0.4, 0.5) is 0 Å². The highest BCUT2D eigenvalue weighted by molar-refractivity contribution is 7.89. The van der Waals surface area contributed by atoms with Gasteiger partial charge in [0.1, 0.15) is 0 Å². The van der Waals surface area contributed by atoms with Crippen molar-refractivity contribution in [2.24, 2.45) is 0 Å². The molecule has 0 bridgehead atoms. The van der Waals surface area contributed by atoms with Gasteiger partial charge in [0, 0.05) is 23.5 Å². The van der Waals surface area contributed by atoms with Crippen molar-refractivity contribution in [3.63, 3.8) is 0 Å². The van der Waals surface area contributed by atoms with Crippen LogP contribution in [0.3, 0.4) is 0 Å². The maximum Gasteiger partial charge on any atom is 0.332 e. The molecule has 2 aliphatic rings. The molecule has 5 rings (SSSR count). The van der Waals surface area contributed by atoms with Gasteiger partial charge in [-0.2, -0.15) is 0 Å². The number of sulfonamides is 1. The van der Waals surface area contributed by atoms with Crippen LogP contribution in [0, 0.1) is 25.7 Å². The number of amides is 1. The fraction of sp³-hybridized carbons (Fsp3) is 0.440. The summed E-state index contributed by atoms with van der Waals surface area (Å²) in [5.41, 5.74) is -0.433. The number of carbonyl (C=O) groups excluding carboxylic acids is 1. The van der Waals surface area contributed by atoms with Crippen LogP contribution in [0.5, 0.6) is 0 Å². The Morgan fingerprint density at radius 1 is 1.24 bits per heavy atom. The highest BCUT2D eigenvalue weighted by Crippen LogP contribution is 2.36. The number of aromatic nitrogens is 3. The number of likely N-dealkylation sites (tertiary alicyclic amines) is 1. The number of thiazole rings is 1. The van der Waals surface area contributed by atoms with E-state index in [2.05, 4.69) is 21.5 Å². The molecule has 3 aromatic rings. The lowest BCUT2D eigenvalue weighted by molar-refractivity contribution is -0.130. The summed E-state index contributed by atoms with van der Waals surface area (Å²) < 4.78 is 31.4. The van der Waals surface area contributed by atoms with E-state index in [9.17, 15) is 22.8 Å². The van der Waals surface area contributed by atoms with E-state index in [0.29, 0.717) is 5.52 Å². The molecule has 1 aliphatic heterocycles. The molecule has 0 unspecified atom stereocenters. The molecule has 1 saturated carbocycles. The second kappa shape index (κ2) is 8.93. The largest absolute Gasteiger partial charge is 0.332 e. The second-order valence-electron chi connectivity index (χ2n) is 9.87. The number of nitrogens with zero attached hydrogens (tertiary/aromatic N) is 4. The zero-order valence-corrected chi connectivity index (χ0v) is 22.6. The Bertz CT molecular complexity index is 1730. The summed E-state index contributed by atoms with van der Waals surface area (Å²) in [6, 6.07) is 3.75. The summed E-state index contributed by atoms with van der Waals surface area (Å²) in [4.78, 5) is 46.2. The predicted molar refractivity (Wildman–Crippen MR) is 140 cm³/mol. The van der Waals surface area contributed by atoms with Gasteiger partial charge in [-0.3, -0.25) is 18.7 Å². The van der Waals surface area contributed by atoms with Crippen LogP contribution in [0.25, 0.3) is 10.9 Å². The third-order valence-electron chi connectivity index (χ3n) is 6.88. The van der Waals surface area contributed by atoms with Crippen LogP contribution in [-0.4, -0.2) is 52.0 Å². The van der Waals surface area contributed by atoms with Gasteiger partial charge in [-0.05, 0) is 64.7 Å². The molecule has 2 fully saturated rings. The van der Waals surface area contributed by atoms with Gasteiger partial charge in [-0.25, -0.2) is 22.9 Å². The SMILES string of the molecule is CC#CC(=O)N1CC(n2c(=O)c3cc(S(=O)(=O)NC4(C)CC4)ccc3n(Cc3sc(C)nc3C)c2=O)C1. The molecule has 1 saturated heterocycles. The number of hydrogen-bond donors (Lipinski definition) is 1. The predicted octanol–water partition coefficient (Wildman–Crippen LogP) is 1.52. The average molecular weight is 542 g/mol. The molecule has 12 heteroatoms. The number of aryl methyl sites for hydroxylation is 2. The third-order valence-corrected chi connectivity index (χ3v) is 9.58. The lowest BCUT2D eigenvalue weighted by Crippen LogP contribution is -2.56. The topological polar surface area (TPSA) is 123 Å². The van der Waals surface area contributed by atoms with E-state index < -0.39 is 32.9 Å². The molecule has 37 heavy (non-hydrogen) atoms. The van der Waals surface area contributed by atoms with E-state index in [1.165, 1.54) is 39.0 Å². The van der Waals surface area contributed by atoms with Gasteiger partial charge in [-0.15, -0.1) is 11.3 Å². The summed E-state index contributed by atoms with van der Waals surface area (Å²) in [6.45, 7) is 7.67. The van der Waals surface area contributed by atoms with Crippen LogP contribution in [0.1, 0.15) is 48.3 Å². The van der Waals surface area contributed by atoms with Crippen molar-refractivity contribution in [3.05, 3.63) is 54.6 Å². The summed E-state index contributed by atoms with van der Waals surface area (Å²) in [5.74, 6) is 4.66. The Morgan fingerprint density at radius 2 is 1.95 bits per heavy atom. The number of hydrogen-bond acceptors (Lipinski definition) is 7. The molecule has 194 valence electrons. The van der Waals surface area contributed by atoms with Crippen LogP contribution < -0.4 is 16.0 Å². The van der Waals surface area contributed by atoms with Gasteiger partial charge in [0.2, 0.25) is 10.0 Å². The van der Waals surface area contributed by atoms with Crippen molar-refractivity contribution in [1.29, 1.82) is 0 Å². The minimum Gasteiger partial charge on any atom is -0.328 e. The molecule has 1 N–H and O–H groups in total. The summed E-state index contributed by atoms with van der Waals surface area (Å²) >= 11 is 1.46. The summed E-state index contributed by atoms with van der Waals surface area (Å²) in [5, 5.41) is 0.983. The molecule has 1 aromatic carbocycles. The lowest BCUT2D eigenvalue weighted by atomic mass is 10.1. The fourth-order valence-electron chi connectivity index (χ4n) is 4.52. The van der Waals surface area contributed by atoms with E-state index in [1.54, 1.807) is 6.92 Å². The molecule has 0 atom stereocenters. The number of rotatable bonds is 6. The Hall–Kier alpha value is -3.27. The van der Waals surface area contributed by atoms with Gasteiger partial charge < -0.3 is 4.90 Å². The first-order valence-electron chi connectivity index (χ1n) is 11.9. The smallest absolute Gasteiger partial charge is 0.328 e. The van der Waals surface area contributed by atoms with Crippen molar-refractivity contribution < 1.29 is 13.2 Å². The molecular weight excluding hydrogens is 514 g/mol. The summed E-state index contributed by atoms with van der Waals surface area (Å²) in [6.07, 6.45) is 1.50. The minimum absolute atomic E-state index is 0.0320. The Balaban J connectivity index is 1.65. The van der Waals surface area contributed by atoms with E-state index in [1.807, 2.05) is 20.8 Å². The zero-order valence-electron chi connectivity index (χ0n) is 21.0. The van der Waals surface area contributed by atoms with Crippen LogP contribution in [0.15, 0.2) is 32.7 Å². The normalized spacial score (nSPS) is 16.8. The standard InChI is InChI=1S/C25H27N5O5S2/c1-5-6-22(31)28-12-17(13-28)30-23(32)19-11-18(37(34,35)27-25(4)9-10-25)7-8-20(19)29(24(30)33)14-21-15(2)26-16(3)36-21/h7-8,11,17,27H,9-10,12-14H2,1-4H3. The minimum atomic E-state index is -3.86. The maximum absolute atomic E-state index is 13.7. The first kappa shape index (κ1) is 25.4. The molecule has 2 aromatic heterocycles. The van der Waals surface area contributed by atoms with Crippen molar-refractivity contribution >= 4 is 38.2 Å². The van der Waals surface area contributed by atoms with Crippen molar-refractivity contribution in [2.45, 2.75) is 63.6 Å². The van der Waals surface area contributed by atoms with Crippen molar-refractivity contribution in [2.75, 3.05) is 13.1 Å². The molecule has 0 radical (unpaired) electrons. The number of nitrogens with one attached hydrogen (secondary N) is 1. The van der Waals surface area contributed by atoms with Gasteiger partial charge in [0.15, 0.2) is 0 Å². The van der Waals surface area contributed by atoms with Gasteiger partial charge >= 0.3 is 5.69 Å². The highest BCUT2D eigenvalue weighted by atomic mass is 32.2. The highest BCUT2D eigenvalue weighted by Gasteiger charge is 2.41. The van der Waals surface area contributed by atoms with E-state index >= 15 is 0 Å². The van der Waals surface area contributed by atoms with Crippen LogP contribution in [-0.2, 0) is 21.4 Å². The molecule has 1 amide bonds. The average Bonchev–Trinajstić information content (AvgIpc) is 3.42. The molecule has 3 heterocycles. The molecular formula is C25H27N5O5S2. The maximum atomic E-state index is 13.7. The first-order chi connectivity index (χ1) is 17.4. The number of carbonyl (C=O) groups is 1. The van der Waals surface area contributed by atoms with Gasteiger partial charge in [0.05, 0.1) is 39.1 Å². The Labute approximate surface area is 218 Å². The Morgan fingerprint density at radius 3 is 2.54 bits per heavy atom. The summed E-state index contributed by atoms with van der Waals surface area (Å²) in [7, 11) is -3.86. The monoisotopic (exact) mass is 541 g/mol. The number of benzene rings is 1. The van der Waals surface area contributed by atoms with Crippen molar-refractivity contribution in [3.8, 4) is 11.8 Å². The lowest BCUT2D eigenvalue weighted by Gasteiger charge is -2.38. The second-order valence-corrected chi connectivity index (χ2v) is 12.8. The van der Waals surface area contributed by atoms with Crippen LogP contribution >= 0.6 is 11.3 Å². The first-order valence-corrected chi connectivity index (χ1v) is 14.2. The van der Waals surface area contributed by atoms with E-state index in [0.717, 1.165) is 33.0 Å². The van der Waals surface area contributed by atoms with E-state index in [4.69, 9.17) is 0 Å². The Kier molecular flexibility index (Phi) is 6.13. The fourth-order valence-corrected chi connectivity index (χ4v) is 6.94. The number of fused-ring (bicyclic) bond motifs is 1. The molecule has 0 spiro atoms. The van der Waals surface area contributed by atoms with Gasteiger partial charge in [-0.1, -0.05) is 5.92 Å². The molecule has 1 aliphatic carbocycles. The van der Waals surface area contributed by atoms with E-state index in [-0.39, 0.29) is 35.8 Å². The zero-order chi connectivity index (χ0) is 26.7. The van der Waals surface area contributed by atoms with Crippen molar-refractivity contribution in [1.82, 2.24) is 23.7 Å².